The Bertz CT molecular complexity index is 910. The van der Waals surface area contributed by atoms with Gasteiger partial charge in [-0.1, -0.05) is 29.8 Å². The van der Waals surface area contributed by atoms with Crippen molar-refractivity contribution in [3.05, 3.63) is 64.7 Å². The van der Waals surface area contributed by atoms with Crippen molar-refractivity contribution in [2.24, 2.45) is 0 Å². The normalized spacial score (nSPS) is 15.4. The van der Waals surface area contributed by atoms with Gasteiger partial charge in [-0.25, -0.2) is 13.2 Å². The molecule has 1 heterocycles. The third-order valence-electron chi connectivity index (χ3n) is 4.64. The van der Waals surface area contributed by atoms with Gasteiger partial charge in [-0.3, -0.25) is 4.31 Å². The van der Waals surface area contributed by atoms with Crippen LogP contribution >= 0.6 is 11.6 Å². The Balaban J connectivity index is 1.95. The van der Waals surface area contributed by atoms with Crippen LogP contribution in [0.25, 0.3) is 0 Å². The Labute approximate surface area is 163 Å². The first-order chi connectivity index (χ1) is 12.9. The van der Waals surface area contributed by atoms with E-state index in [9.17, 15) is 13.2 Å². The molecule has 1 saturated heterocycles. The van der Waals surface area contributed by atoms with Crippen LogP contribution in [0.5, 0.6) is 0 Å². The fourth-order valence-corrected chi connectivity index (χ4v) is 5.26. The summed E-state index contributed by atoms with van der Waals surface area (Å²) in [5, 5.41) is 12.2. The number of aromatic carboxylic acids is 1. The Morgan fingerprint density at radius 2 is 1.81 bits per heavy atom. The van der Waals surface area contributed by atoms with E-state index in [1.807, 2.05) is 0 Å². The van der Waals surface area contributed by atoms with E-state index in [0.29, 0.717) is 42.2 Å². The molecule has 0 atom stereocenters. The molecule has 2 aromatic carbocycles. The number of sulfonamides is 1. The molecule has 6 nitrogen and oxygen atoms in total. The Morgan fingerprint density at radius 1 is 1.15 bits per heavy atom. The standard InChI is InChI=1S/C19H21ClN2O4S/c20-16-2-1-3-17(12-16)22(27(25,26)18-8-10-21-11-9-18)13-14-4-6-15(7-5-14)19(23)24/h1-7,12,18,21H,8-11,13H2,(H,23,24). The molecular formula is C19H21ClN2O4S. The first-order valence-corrected chi connectivity index (χ1v) is 10.6. The van der Waals surface area contributed by atoms with Gasteiger partial charge in [0.15, 0.2) is 0 Å². The average molecular weight is 409 g/mol. The first kappa shape index (κ1) is 19.7. The average Bonchev–Trinajstić information content (AvgIpc) is 2.67. The van der Waals surface area contributed by atoms with Gasteiger partial charge < -0.3 is 10.4 Å². The first-order valence-electron chi connectivity index (χ1n) is 8.68. The zero-order valence-electron chi connectivity index (χ0n) is 14.6. The number of nitrogens with one attached hydrogen (secondary N) is 1. The maximum atomic E-state index is 13.3. The van der Waals surface area contributed by atoms with Crippen LogP contribution in [0.4, 0.5) is 5.69 Å². The molecule has 8 heteroatoms. The van der Waals surface area contributed by atoms with Gasteiger partial charge in [0.1, 0.15) is 0 Å². The molecule has 1 aliphatic rings. The predicted molar refractivity (Wildman–Crippen MR) is 106 cm³/mol. The van der Waals surface area contributed by atoms with Crippen LogP contribution in [0, 0.1) is 0 Å². The van der Waals surface area contributed by atoms with Crippen LogP contribution in [0.3, 0.4) is 0 Å². The lowest BCUT2D eigenvalue weighted by Gasteiger charge is -2.31. The zero-order valence-corrected chi connectivity index (χ0v) is 16.2. The summed E-state index contributed by atoms with van der Waals surface area (Å²) >= 11 is 6.09. The Hall–Kier alpha value is -2.09. The number of halogens is 1. The zero-order chi connectivity index (χ0) is 19.4. The van der Waals surface area contributed by atoms with Gasteiger partial charge in [0.05, 0.1) is 23.0 Å². The fraction of sp³-hybridized carbons (Fsp3) is 0.316. The number of carboxylic acid groups (broad SMARTS) is 1. The number of anilines is 1. The van der Waals surface area contributed by atoms with Gasteiger partial charge in [0.2, 0.25) is 10.0 Å². The van der Waals surface area contributed by atoms with Crippen molar-refractivity contribution < 1.29 is 18.3 Å². The topological polar surface area (TPSA) is 86.7 Å². The van der Waals surface area contributed by atoms with Crippen molar-refractivity contribution in [2.75, 3.05) is 17.4 Å². The fourth-order valence-electron chi connectivity index (χ4n) is 3.15. The van der Waals surface area contributed by atoms with Crippen molar-refractivity contribution in [2.45, 2.75) is 24.6 Å². The van der Waals surface area contributed by atoms with E-state index in [4.69, 9.17) is 16.7 Å². The minimum atomic E-state index is -3.60. The summed E-state index contributed by atoms with van der Waals surface area (Å²) in [4.78, 5) is 11.0. The largest absolute Gasteiger partial charge is 0.478 e. The van der Waals surface area contributed by atoms with E-state index >= 15 is 0 Å². The SMILES string of the molecule is O=C(O)c1ccc(CN(c2cccc(Cl)c2)S(=O)(=O)C2CCNCC2)cc1. The van der Waals surface area contributed by atoms with E-state index in [1.54, 1.807) is 36.4 Å². The molecule has 3 rings (SSSR count). The summed E-state index contributed by atoms with van der Waals surface area (Å²) in [6.07, 6.45) is 1.11. The van der Waals surface area contributed by atoms with E-state index in [2.05, 4.69) is 5.32 Å². The monoisotopic (exact) mass is 408 g/mol. The molecule has 1 aliphatic heterocycles. The van der Waals surface area contributed by atoms with Crippen LogP contribution in [0.1, 0.15) is 28.8 Å². The number of nitrogens with zero attached hydrogens (tertiary/aromatic N) is 1. The van der Waals surface area contributed by atoms with Crippen LogP contribution in [0.15, 0.2) is 48.5 Å². The minimum absolute atomic E-state index is 0.118. The molecule has 0 saturated carbocycles. The molecule has 2 N–H and O–H groups in total. The summed E-state index contributed by atoms with van der Waals surface area (Å²) in [6.45, 7) is 1.45. The number of piperidine rings is 1. The molecule has 0 aliphatic carbocycles. The second kappa shape index (κ2) is 8.29. The Kier molecular flexibility index (Phi) is 6.04. The minimum Gasteiger partial charge on any atom is -0.478 e. The van der Waals surface area contributed by atoms with E-state index in [-0.39, 0.29) is 12.1 Å². The smallest absolute Gasteiger partial charge is 0.335 e. The third-order valence-corrected chi connectivity index (χ3v) is 7.14. The van der Waals surface area contributed by atoms with Crippen LogP contribution in [-0.2, 0) is 16.6 Å². The third kappa shape index (κ3) is 4.61. The number of hydrogen-bond donors (Lipinski definition) is 2. The second-order valence-electron chi connectivity index (χ2n) is 6.48. The van der Waals surface area contributed by atoms with Gasteiger partial charge in [-0.15, -0.1) is 0 Å². The van der Waals surface area contributed by atoms with Crippen LogP contribution < -0.4 is 9.62 Å². The lowest BCUT2D eigenvalue weighted by atomic mass is 10.1. The van der Waals surface area contributed by atoms with Gasteiger partial charge >= 0.3 is 5.97 Å². The number of rotatable bonds is 6. The second-order valence-corrected chi connectivity index (χ2v) is 9.06. The van der Waals surface area contributed by atoms with Gasteiger partial charge in [0, 0.05) is 5.02 Å². The molecule has 27 heavy (non-hydrogen) atoms. The summed E-state index contributed by atoms with van der Waals surface area (Å²) in [5.74, 6) is -1.02. The van der Waals surface area contributed by atoms with Crippen molar-refractivity contribution in [1.82, 2.24) is 5.32 Å². The summed E-state index contributed by atoms with van der Waals surface area (Å²) in [7, 11) is -3.60. The summed E-state index contributed by atoms with van der Waals surface area (Å²) in [5.41, 5.74) is 1.37. The molecular weight excluding hydrogens is 388 g/mol. The van der Waals surface area contributed by atoms with E-state index in [1.165, 1.54) is 16.4 Å². The van der Waals surface area contributed by atoms with Gasteiger partial charge in [0.25, 0.3) is 0 Å². The number of carbonyl (C=O) groups is 1. The van der Waals surface area contributed by atoms with Crippen molar-refractivity contribution >= 4 is 33.3 Å². The number of benzene rings is 2. The molecule has 144 valence electrons. The number of hydrogen-bond acceptors (Lipinski definition) is 4. The van der Waals surface area contributed by atoms with Gasteiger partial charge in [-0.05, 0) is 61.8 Å². The molecule has 0 radical (unpaired) electrons. The molecule has 0 amide bonds. The molecule has 1 fully saturated rings. The highest BCUT2D eigenvalue weighted by Gasteiger charge is 2.33. The van der Waals surface area contributed by atoms with Crippen LogP contribution in [-0.4, -0.2) is 37.8 Å². The summed E-state index contributed by atoms with van der Waals surface area (Å²) in [6, 6.07) is 13.0. The van der Waals surface area contributed by atoms with Crippen molar-refractivity contribution in [3.63, 3.8) is 0 Å². The van der Waals surface area contributed by atoms with E-state index < -0.39 is 21.2 Å². The van der Waals surface area contributed by atoms with E-state index in [0.717, 1.165) is 0 Å². The maximum absolute atomic E-state index is 13.3. The molecule has 0 unspecified atom stereocenters. The highest BCUT2D eigenvalue weighted by atomic mass is 35.5. The molecule has 2 aromatic rings. The predicted octanol–water partition coefficient (Wildman–Crippen LogP) is 3.13. The van der Waals surface area contributed by atoms with Crippen molar-refractivity contribution in [3.8, 4) is 0 Å². The Morgan fingerprint density at radius 3 is 2.41 bits per heavy atom. The molecule has 0 bridgehead atoms. The summed E-state index contributed by atoms with van der Waals surface area (Å²) < 4.78 is 28.1. The molecule has 0 spiro atoms. The maximum Gasteiger partial charge on any atom is 0.335 e. The van der Waals surface area contributed by atoms with Crippen LogP contribution in [0.2, 0.25) is 5.02 Å². The number of carboxylic acids is 1. The van der Waals surface area contributed by atoms with Gasteiger partial charge in [-0.2, -0.15) is 0 Å². The quantitative estimate of drug-likeness (QED) is 0.766. The highest BCUT2D eigenvalue weighted by Crippen LogP contribution is 2.28. The lowest BCUT2D eigenvalue weighted by Crippen LogP contribution is -2.43. The van der Waals surface area contributed by atoms with Crippen molar-refractivity contribution in [1.29, 1.82) is 0 Å². The highest BCUT2D eigenvalue weighted by molar-refractivity contribution is 7.93. The lowest BCUT2D eigenvalue weighted by molar-refractivity contribution is 0.0697. The molecule has 0 aromatic heterocycles.